The zero-order valence-electron chi connectivity index (χ0n) is 11.4. The predicted molar refractivity (Wildman–Crippen MR) is 69.5 cm³/mol. The first kappa shape index (κ1) is 12.9. The molecular formula is C14H26N2O. The number of hydrogen-bond acceptors (Lipinski definition) is 2. The van der Waals surface area contributed by atoms with Crippen molar-refractivity contribution in [3.63, 3.8) is 0 Å². The fourth-order valence-electron chi connectivity index (χ4n) is 3.18. The molecule has 0 aromatic rings. The number of carbonyl (C=O) groups is 1. The van der Waals surface area contributed by atoms with Gasteiger partial charge in [0.25, 0.3) is 0 Å². The summed E-state index contributed by atoms with van der Waals surface area (Å²) in [5.41, 5.74) is 5.66. The Balaban J connectivity index is 2.05. The molecule has 1 amide bonds. The van der Waals surface area contributed by atoms with E-state index in [9.17, 15) is 4.79 Å². The largest absolute Gasteiger partial charge is 0.339 e. The highest BCUT2D eigenvalue weighted by Crippen LogP contribution is 2.47. The van der Waals surface area contributed by atoms with Crippen LogP contribution >= 0.6 is 0 Å². The molecule has 0 unspecified atom stereocenters. The van der Waals surface area contributed by atoms with Gasteiger partial charge in [0.2, 0.25) is 5.91 Å². The van der Waals surface area contributed by atoms with E-state index in [0.717, 1.165) is 19.4 Å². The van der Waals surface area contributed by atoms with Crippen molar-refractivity contribution in [1.29, 1.82) is 0 Å². The van der Waals surface area contributed by atoms with Crippen LogP contribution in [0.2, 0.25) is 0 Å². The Morgan fingerprint density at radius 1 is 1.41 bits per heavy atom. The minimum atomic E-state index is -0.211. The first-order chi connectivity index (χ1) is 7.98. The number of nitrogens with two attached hydrogens (primary N) is 1. The van der Waals surface area contributed by atoms with Gasteiger partial charge >= 0.3 is 0 Å². The lowest BCUT2D eigenvalue weighted by Gasteiger charge is -2.47. The van der Waals surface area contributed by atoms with Gasteiger partial charge in [0.1, 0.15) is 0 Å². The zero-order valence-corrected chi connectivity index (χ0v) is 11.4. The van der Waals surface area contributed by atoms with Crippen molar-refractivity contribution in [2.75, 3.05) is 13.1 Å². The Kier molecular flexibility index (Phi) is 3.48. The average Bonchev–Trinajstić information content (AvgIpc) is 3.03. The molecule has 0 radical (unpaired) electrons. The second-order valence-electron chi connectivity index (χ2n) is 6.58. The van der Waals surface area contributed by atoms with E-state index in [1.807, 2.05) is 0 Å². The fraction of sp³-hybridized carbons (Fsp3) is 0.929. The van der Waals surface area contributed by atoms with Crippen LogP contribution in [-0.4, -0.2) is 29.9 Å². The molecule has 2 rings (SSSR count). The molecule has 2 aliphatic carbocycles. The molecule has 0 bridgehead atoms. The SMILES string of the molecule is CC(C)CN(C(=O)C1(CN)CC(C)C1)C1CC1. The minimum absolute atomic E-state index is 0.211. The van der Waals surface area contributed by atoms with Gasteiger partial charge in [0.15, 0.2) is 0 Å². The van der Waals surface area contributed by atoms with Gasteiger partial charge in [-0.1, -0.05) is 20.8 Å². The Bertz CT molecular complexity index is 291. The van der Waals surface area contributed by atoms with Gasteiger partial charge < -0.3 is 10.6 Å². The molecule has 2 aliphatic rings. The smallest absolute Gasteiger partial charge is 0.230 e. The van der Waals surface area contributed by atoms with Crippen molar-refractivity contribution in [3.05, 3.63) is 0 Å². The van der Waals surface area contributed by atoms with Gasteiger partial charge in [0.05, 0.1) is 5.41 Å². The van der Waals surface area contributed by atoms with Crippen molar-refractivity contribution in [3.8, 4) is 0 Å². The Morgan fingerprint density at radius 2 is 2.00 bits per heavy atom. The molecule has 17 heavy (non-hydrogen) atoms. The van der Waals surface area contributed by atoms with Crippen molar-refractivity contribution >= 4 is 5.91 Å². The highest BCUT2D eigenvalue weighted by atomic mass is 16.2. The van der Waals surface area contributed by atoms with E-state index in [4.69, 9.17) is 5.73 Å². The highest BCUT2D eigenvalue weighted by Gasteiger charge is 2.51. The van der Waals surface area contributed by atoms with Gasteiger partial charge in [-0.15, -0.1) is 0 Å². The topological polar surface area (TPSA) is 46.3 Å². The van der Waals surface area contributed by atoms with Crippen LogP contribution in [0.15, 0.2) is 0 Å². The number of nitrogens with zero attached hydrogens (tertiary/aromatic N) is 1. The van der Waals surface area contributed by atoms with Crippen LogP contribution in [0, 0.1) is 17.3 Å². The van der Waals surface area contributed by atoms with E-state index in [1.165, 1.54) is 12.8 Å². The maximum atomic E-state index is 12.7. The molecule has 3 heteroatoms. The van der Waals surface area contributed by atoms with Gasteiger partial charge in [-0.25, -0.2) is 0 Å². The molecule has 2 N–H and O–H groups in total. The summed E-state index contributed by atoms with van der Waals surface area (Å²) in [5.74, 6) is 1.56. The van der Waals surface area contributed by atoms with Gasteiger partial charge in [0, 0.05) is 19.1 Å². The number of hydrogen-bond donors (Lipinski definition) is 1. The first-order valence-electron chi connectivity index (χ1n) is 6.99. The standard InChI is InChI=1S/C14H26N2O/c1-10(2)8-16(12-4-5-12)13(17)14(9-15)6-11(3)7-14/h10-12H,4-9,15H2,1-3H3. The normalized spacial score (nSPS) is 32.4. The summed E-state index contributed by atoms with van der Waals surface area (Å²) in [7, 11) is 0. The van der Waals surface area contributed by atoms with Crippen molar-refractivity contribution < 1.29 is 4.79 Å². The number of rotatable bonds is 5. The summed E-state index contributed by atoms with van der Waals surface area (Å²) in [5, 5.41) is 0. The van der Waals surface area contributed by atoms with E-state index in [0.29, 0.717) is 30.3 Å². The summed E-state index contributed by atoms with van der Waals surface area (Å²) < 4.78 is 0. The molecule has 0 heterocycles. The molecule has 0 atom stereocenters. The summed E-state index contributed by atoms with van der Waals surface area (Å²) in [6.45, 7) is 8.00. The average molecular weight is 238 g/mol. The Morgan fingerprint density at radius 3 is 2.35 bits per heavy atom. The quantitative estimate of drug-likeness (QED) is 0.796. The second-order valence-corrected chi connectivity index (χ2v) is 6.58. The summed E-state index contributed by atoms with van der Waals surface area (Å²) in [6, 6.07) is 0.518. The lowest BCUT2D eigenvalue weighted by Crippen LogP contribution is -2.55. The molecule has 2 saturated carbocycles. The van der Waals surface area contributed by atoms with Gasteiger partial charge in [-0.3, -0.25) is 4.79 Å². The number of amides is 1. The Hall–Kier alpha value is -0.570. The van der Waals surface area contributed by atoms with E-state index >= 15 is 0 Å². The summed E-state index contributed by atoms with van der Waals surface area (Å²) >= 11 is 0. The van der Waals surface area contributed by atoms with Crippen molar-refractivity contribution in [2.24, 2.45) is 23.0 Å². The van der Waals surface area contributed by atoms with E-state index in [1.54, 1.807) is 0 Å². The molecule has 0 aromatic heterocycles. The lowest BCUT2D eigenvalue weighted by molar-refractivity contribution is -0.150. The maximum absolute atomic E-state index is 12.7. The van der Waals surface area contributed by atoms with Crippen LogP contribution in [-0.2, 0) is 4.79 Å². The summed E-state index contributed by atoms with van der Waals surface area (Å²) in [6.07, 6.45) is 4.36. The first-order valence-corrected chi connectivity index (χ1v) is 6.99. The van der Waals surface area contributed by atoms with Crippen LogP contribution in [0.1, 0.15) is 46.5 Å². The van der Waals surface area contributed by atoms with Crippen molar-refractivity contribution in [1.82, 2.24) is 4.90 Å². The van der Waals surface area contributed by atoms with Crippen LogP contribution in [0.4, 0.5) is 0 Å². The van der Waals surface area contributed by atoms with E-state index < -0.39 is 0 Å². The third-order valence-corrected chi connectivity index (χ3v) is 4.13. The molecule has 0 aliphatic heterocycles. The predicted octanol–water partition coefficient (Wildman–Crippen LogP) is 2.01. The second kappa shape index (κ2) is 4.60. The van der Waals surface area contributed by atoms with E-state index in [-0.39, 0.29) is 5.41 Å². The maximum Gasteiger partial charge on any atom is 0.230 e. The van der Waals surface area contributed by atoms with Gasteiger partial charge in [-0.05, 0) is 37.5 Å². The van der Waals surface area contributed by atoms with Crippen LogP contribution < -0.4 is 5.73 Å². The monoisotopic (exact) mass is 238 g/mol. The zero-order chi connectivity index (χ0) is 12.6. The molecular weight excluding hydrogens is 212 g/mol. The van der Waals surface area contributed by atoms with E-state index in [2.05, 4.69) is 25.7 Å². The molecule has 0 spiro atoms. The van der Waals surface area contributed by atoms with Crippen LogP contribution in [0.5, 0.6) is 0 Å². The highest BCUT2D eigenvalue weighted by molar-refractivity contribution is 5.84. The van der Waals surface area contributed by atoms with Crippen molar-refractivity contribution in [2.45, 2.75) is 52.5 Å². The lowest BCUT2D eigenvalue weighted by atomic mass is 9.61. The third kappa shape index (κ3) is 2.49. The van der Waals surface area contributed by atoms with Crippen LogP contribution in [0.3, 0.4) is 0 Å². The minimum Gasteiger partial charge on any atom is -0.339 e. The molecule has 3 nitrogen and oxygen atoms in total. The van der Waals surface area contributed by atoms with Crippen LogP contribution in [0.25, 0.3) is 0 Å². The molecule has 98 valence electrons. The molecule has 0 aromatic carbocycles. The van der Waals surface area contributed by atoms with Gasteiger partial charge in [-0.2, -0.15) is 0 Å². The molecule has 0 saturated heterocycles. The number of carbonyl (C=O) groups excluding carboxylic acids is 1. The Labute approximate surface area is 105 Å². The third-order valence-electron chi connectivity index (χ3n) is 4.13. The summed E-state index contributed by atoms with van der Waals surface area (Å²) in [4.78, 5) is 14.8. The molecule has 2 fully saturated rings. The fourth-order valence-corrected chi connectivity index (χ4v) is 3.18.